The molecule has 0 aliphatic carbocycles. The minimum Gasteiger partial charge on any atom is -0.396 e. The van der Waals surface area contributed by atoms with Crippen molar-refractivity contribution in [3.05, 3.63) is 21.9 Å². The molecule has 0 spiro atoms. The number of carbonyl (C=O) groups is 1. The number of methoxy groups -OCH3 is 1. The van der Waals surface area contributed by atoms with E-state index in [-0.39, 0.29) is 17.9 Å². The smallest absolute Gasteiger partial charge is 0.264 e. The van der Waals surface area contributed by atoms with Gasteiger partial charge in [-0.15, -0.1) is 11.3 Å². The molecule has 2 heterocycles. The summed E-state index contributed by atoms with van der Waals surface area (Å²) in [5.74, 6) is 0.106. The van der Waals surface area contributed by atoms with Crippen LogP contribution in [0.3, 0.4) is 0 Å². The lowest BCUT2D eigenvalue weighted by Crippen LogP contribution is -2.44. The molecule has 1 fully saturated rings. The maximum atomic E-state index is 12.6. The fourth-order valence-corrected chi connectivity index (χ4v) is 3.62. The molecule has 1 saturated heterocycles. The Morgan fingerprint density at radius 3 is 2.75 bits per heavy atom. The van der Waals surface area contributed by atoms with Gasteiger partial charge < -0.3 is 14.7 Å². The second-order valence-electron chi connectivity index (χ2n) is 5.51. The Hall–Kier alpha value is -0.910. The van der Waals surface area contributed by atoms with Gasteiger partial charge in [-0.05, 0) is 36.1 Å². The van der Waals surface area contributed by atoms with Gasteiger partial charge in [-0.3, -0.25) is 4.79 Å². The first kappa shape index (κ1) is 15.5. The number of thiophene rings is 1. The fourth-order valence-electron chi connectivity index (χ4n) is 2.74. The summed E-state index contributed by atoms with van der Waals surface area (Å²) in [6.07, 6.45) is 2.74. The number of rotatable bonds is 5. The van der Waals surface area contributed by atoms with Crippen molar-refractivity contribution in [3.63, 3.8) is 0 Å². The summed E-state index contributed by atoms with van der Waals surface area (Å²) >= 11 is 1.48. The average Bonchev–Trinajstić information content (AvgIpc) is 2.95. The van der Waals surface area contributed by atoms with Crippen molar-refractivity contribution < 1.29 is 14.6 Å². The van der Waals surface area contributed by atoms with Gasteiger partial charge in [0.1, 0.15) is 0 Å². The molecule has 1 aromatic rings. The van der Waals surface area contributed by atoms with Crippen LogP contribution in [0.1, 0.15) is 41.4 Å². The van der Waals surface area contributed by atoms with Crippen LogP contribution in [-0.4, -0.2) is 42.7 Å². The van der Waals surface area contributed by atoms with Gasteiger partial charge in [-0.2, -0.15) is 0 Å². The first-order valence-corrected chi connectivity index (χ1v) is 7.99. The Kier molecular flexibility index (Phi) is 5.18. The first-order chi connectivity index (χ1) is 9.65. The van der Waals surface area contributed by atoms with Gasteiger partial charge >= 0.3 is 0 Å². The molecular formula is C15H23NO3S. The highest BCUT2D eigenvalue weighted by molar-refractivity contribution is 7.12. The predicted octanol–water partition coefficient (Wildman–Crippen LogP) is 2.52. The van der Waals surface area contributed by atoms with E-state index in [1.54, 1.807) is 7.11 Å². The van der Waals surface area contributed by atoms with E-state index in [0.29, 0.717) is 6.61 Å². The Morgan fingerprint density at radius 2 is 2.20 bits per heavy atom. The van der Waals surface area contributed by atoms with Gasteiger partial charge in [0.15, 0.2) is 0 Å². The van der Waals surface area contributed by atoms with Gasteiger partial charge in [0, 0.05) is 32.4 Å². The highest BCUT2D eigenvalue weighted by Crippen LogP contribution is 2.35. The van der Waals surface area contributed by atoms with E-state index in [4.69, 9.17) is 4.74 Å². The molecule has 0 atom stereocenters. The number of amides is 1. The van der Waals surface area contributed by atoms with Gasteiger partial charge in [0.25, 0.3) is 5.91 Å². The summed E-state index contributed by atoms with van der Waals surface area (Å²) in [4.78, 5) is 15.3. The number of aliphatic hydroxyl groups excluding tert-OH is 1. The van der Waals surface area contributed by atoms with Crippen LogP contribution in [0.4, 0.5) is 0 Å². The molecule has 5 heteroatoms. The number of carbonyl (C=O) groups excluding carboxylic acids is 1. The van der Waals surface area contributed by atoms with Crippen LogP contribution in [-0.2, 0) is 11.3 Å². The van der Waals surface area contributed by atoms with Crippen molar-refractivity contribution >= 4 is 17.2 Å². The molecule has 4 nitrogen and oxygen atoms in total. The summed E-state index contributed by atoms with van der Waals surface area (Å²) in [6, 6.07) is 1.95. The average molecular weight is 297 g/mol. The number of nitrogens with zero attached hydrogens (tertiary/aromatic N) is 1. The molecule has 1 aliphatic heterocycles. The molecule has 0 radical (unpaired) electrons. The van der Waals surface area contributed by atoms with Crippen LogP contribution >= 0.6 is 11.3 Å². The Morgan fingerprint density at radius 1 is 1.50 bits per heavy atom. The van der Waals surface area contributed by atoms with Gasteiger partial charge in [-0.1, -0.05) is 6.92 Å². The van der Waals surface area contributed by atoms with Crippen LogP contribution < -0.4 is 0 Å². The van der Waals surface area contributed by atoms with Crippen molar-refractivity contribution in [2.75, 3.05) is 26.8 Å². The van der Waals surface area contributed by atoms with E-state index in [0.717, 1.165) is 42.8 Å². The summed E-state index contributed by atoms with van der Waals surface area (Å²) in [5, 5.41) is 11.5. The van der Waals surface area contributed by atoms with E-state index in [1.165, 1.54) is 11.3 Å². The van der Waals surface area contributed by atoms with Gasteiger partial charge in [0.05, 0.1) is 11.5 Å². The van der Waals surface area contributed by atoms with E-state index in [9.17, 15) is 9.90 Å². The SMILES string of the molecule is CCC1(CO)CCN(C(=O)c2sccc2COC)CC1. The summed E-state index contributed by atoms with van der Waals surface area (Å²) < 4.78 is 5.14. The van der Waals surface area contributed by atoms with E-state index in [1.807, 2.05) is 16.3 Å². The lowest BCUT2D eigenvalue weighted by atomic mass is 9.77. The number of piperidine rings is 1. The van der Waals surface area contributed by atoms with Gasteiger partial charge in [-0.25, -0.2) is 0 Å². The number of hydrogen-bond donors (Lipinski definition) is 1. The molecule has 0 unspecified atom stereocenters. The molecule has 1 aromatic heterocycles. The maximum absolute atomic E-state index is 12.6. The van der Waals surface area contributed by atoms with E-state index in [2.05, 4.69) is 6.92 Å². The normalized spacial score (nSPS) is 18.2. The van der Waals surface area contributed by atoms with E-state index < -0.39 is 0 Å². The van der Waals surface area contributed by atoms with E-state index >= 15 is 0 Å². The lowest BCUT2D eigenvalue weighted by molar-refractivity contribution is 0.0339. The zero-order chi connectivity index (χ0) is 14.6. The predicted molar refractivity (Wildman–Crippen MR) is 80.0 cm³/mol. The van der Waals surface area contributed by atoms with Crippen molar-refractivity contribution in [3.8, 4) is 0 Å². The number of ether oxygens (including phenoxy) is 1. The molecule has 1 aliphatic rings. The standard InChI is InChI=1S/C15H23NO3S/c1-3-15(11-17)5-7-16(8-6-15)14(18)13-12(10-19-2)4-9-20-13/h4,9,17H,3,5-8,10-11H2,1-2H3. The number of hydrogen-bond acceptors (Lipinski definition) is 4. The highest BCUT2D eigenvalue weighted by atomic mass is 32.1. The zero-order valence-corrected chi connectivity index (χ0v) is 13.0. The van der Waals surface area contributed by atoms with Crippen molar-refractivity contribution in [1.82, 2.24) is 4.90 Å². The second kappa shape index (κ2) is 6.70. The minimum atomic E-state index is 0.0155. The minimum absolute atomic E-state index is 0.0155. The van der Waals surface area contributed by atoms with Crippen LogP contribution in [0.5, 0.6) is 0 Å². The molecule has 0 aromatic carbocycles. The van der Waals surface area contributed by atoms with Crippen LogP contribution in [0.25, 0.3) is 0 Å². The third kappa shape index (κ3) is 3.05. The topological polar surface area (TPSA) is 49.8 Å². The molecule has 0 bridgehead atoms. The zero-order valence-electron chi connectivity index (χ0n) is 12.2. The van der Waals surface area contributed by atoms with Crippen molar-refractivity contribution in [1.29, 1.82) is 0 Å². The van der Waals surface area contributed by atoms with Gasteiger partial charge in [0.2, 0.25) is 0 Å². The molecular weight excluding hydrogens is 274 g/mol. The highest BCUT2D eigenvalue weighted by Gasteiger charge is 2.34. The third-order valence-corrected chi connectivity index (χ3v) is 5.38. The summed E-state index contributed by atoms with van der Waals surface area (Å²) in [5.41, 5.74) is 0.985. The molecule has 1 amide bonds. The Labute approximate surface area is 124 Å². The lowest BCUT2D eigenvalue weighted by Gasteiger charge is -2.40. The fraction of sp³-hybridized carbons (Fsp3) is 0.667. The van der Waals surface area contributed by atoms with Crippen LogP contribution in [0.2, 0.25) is 0 Å². The third-order valence-electron chi connectivity index (χ3n) is 4.44. The summed E-state index contributed by atoms with van der Waals surface area (Å²) in [7, 11) is 1.64. The molecule has 20 heavy (non-hydrogen) atoms. The van der Waals surface area contributed by atoms with Crippen LogP contribution in [0, 0.1) is 5.41 Å². The second-order valence-corrected chi connectivity index (χ2v) is 6.43. The molecule has 2 rings (SSSR count). The summed E-state index contributed by atoms with van der Waals surface area (Å²) in [6.45, 7) is 4.28. The Balaban J connectivity index is 2.03. The quantitative estimate of drug-likeness (QED) is 0.908. The molecule has 112 valence electrons. The number of likely N-dealkylation sites (tertiary alicyclic amines) is 1. The first-order valence-electron chi connectivity index (χ1n) is 7.11. The number of aliphatic hydroxyl groups is 1. The van der Waals surface area contributed by atoms with Crippen molar-refractivity contribution in [2.45, 2.75) is 32.8 Å². The maximum Gasteiger partial charge on any atom is 0.264 e. The molecule has 1 N–H and O–H groups in total. The molecule has 0 saturated carbocycles. The van der Waals surface area contributed by atoms with Crippen molar-refractivity contribution in [2.24, 2.45) is 5.41 Å². The van der Waals surface area contributed by atoms with Crippen LogP contribution in [0.15, 0.2) is 11.4 Å². The largest absolute Gasteiger partial charge is 0.396 e. The Bertz CT molecular complexity index is 444. The monoisotopic (exact) mass is 297 g/mol.